The second-order valence-corrected chi connectivity index (χ2v) is 4.45. The highest BCUT2D eigenvalue weighted by atomic mass is 32.1. The third-order valence-corrected chi connectivity index (χ3v) is 3.00. The number of hydrogen-bond donors (Lipinski definition) is 2. The Bertz CT molecular complexity index is 181. The highest BCUT2D eigenvalue weighted by molar-refractivity contribution is 7.80. The Kier molecular flexibility index (Phi) is 6.68. The monoisotopic (exact) mass is 230 g/mol. The van der Waals surface area contributed by atoms with Gasteiger partial charge in [-0.05, 0) is 37.4 Å². The van der Waals surface area contributed by atoms with Gasteiger partial charge in [0.15, 0.2) is 5.11 Å². The van der Waals surface area contributed by atoms with Gasteiger partial charge < -0.3 is 15.4 Å². The molecule has 0 unspecified atom stereocenters. The van der Waals surface area contributed by atoms with Gasteiger partial charge in [-0.25, -0.2) is 0 Å². The van der Waals surface area contributed by atoms with Gasteiger partial charge in [-0.15, -0.1) is 0 Å². The van der Waals surface area contributed by atoms with E-state index in [0.717, 1.165) is 50.2 Å². The third kappa shape index (κ3) is 5.95. The molecule has 0 radical (unpaired) electrons. The van der Waals surface area contributed by atoms with Crippen molar-refractivity contribution in [3.8, 4) is 0 Å². The van der Waals surface area contributed by atoms with Gasteiger partial charge in [-0.3, -0.25) is 0 Å². The molecular formula is C11H22N2OS. The highest BCUT2D eigenvalue weighted by Crippen LogP contribution is 2.12. The minimum absolute atomic E-state index is 0.727. The summed E-state index contributed by atoms with van der Waals surface area (Å²) in [5, 5.41) is 7.29. The summed E-state index contributed by atoms with van der Waals surface area (Å²) >= 11 is 5.18. The van der Waals surface area contributed by atoms with Crippen molar-refractivity contribution < 1.29 is 4.74 Å². The van der Waals surface area contributed by atoms with E-state index in [4.69, 9.17) is 17.0 Å². The van der Waals surface area contributed by atoms with E-state index in [1.54, 1.807) is 0 Å². The molecule has 15 heavy (non-hydrogen) atoms. The van der Waals surface area contributed by atoms with Crippen LogP contribution in [0.25, 0.3) is 0 Å². The lowest BCUT2D eigenvalue weighted by molar-refractivity contribution is 0.0676. The molecule has 0 aliphatic carbocycles. The fourth-order valence-corrected chi connectivity index (χ4v) is 1.81. The Morgan fingerprint density at radius 1 is 1.33 bits per heavy atom. The van der Waals surface area contributed by atoms with Gasteiger partial charge in [0.05, 0.1) is 0 Å². The zero-order valence-corrected chi connectivity index (χ0v) is 10.4. The van der Waals surface area contributed by atoms with Crippen molar-refractivity contribution in [1.82, 2.24) is 10.6 Å². The van der Waals surface area contributed by atoms with Crippen molar-refractivity contribution in [3.05, 3.63) is 0 Å². The van der Waals surface area contributed by atoms with Crippen LogP contribution in [0.4, 0.5) is 0 Å². The fraction of sp³-hybridized carbons (Fsp3) is 0.909. The Labute approximate surface area is 98.0 Å². The van der Waals surface area contributed by atoms with Crippen LogP contribution < -0.4 is 10.6 Å². The molecule has 0 bridgehead atoms. The molecule has 2 N–H and O–H groups in total. The minimum Gasteiger partial charge on any atom is -0.381 e. The van der Waals surface area contributed by atoms with Gasteiger partial charge in [-0.2, -0.15) is 0 Å². The summed E-state index contributed by atoms with van der Waals surface area (Å²) in [5.74, 6) is 0.727. The van der Waals surface area contributed by atoms with Crippen LogP contribution in [-0.4, -0.2) is 31.4 Å². The van der Waals surface area contributed by atoms with E-state index < -0.39 is 0 Å². The van der Waals surface area contributed by atoms with Crippen molar-refractivity contribution in [3.63, 3.8) is 0 Å². The van der Waals surface area contributed by atoms with Crippen LogP contribution in [0.15, 0.2) is 0 Å². The number of hydrogen-bond acceptors (Lipinski definition) is 2. The maximum atomic E-state index is 5.31. The van der Waals surface area contributed by atoms with Crippen molar-refractivity contribution >= 4 is 17.3 Å². The first-order valence-corrected chi connectivity index (χ1v) is 6.33. The molecule has 0 amide bonds. The molecule has 1 saturated heterocycles. The first-order chi connectivity index (χ1) is 7.33. The number of unbranched alkanes of at least 4 members (excludes halogenated alkanes) is 1. The quantitative estimate of drug-likeness (QED) is 0.556. The van der Waals surface area contributed by atoms with Gasteiger partial charge in [0, 0.05) is 26.3 Å². The zero-order chi connectivity index (χ0) is 10.9. The molecule has 0 spiro atoms. The van der Waals surface area contributed by atoms with Gasteiger partial charge in [0.25, 0.3) is 0 Å². The van der Waals surface area contributed by atoms with Crippen molar-refractivity contribution in [2.75, 3.05) is 26.3 Å². The molecule has 1 fully saturated rings. The van der Waals surface area contributed by atoms with Crippen LogP contribution in [-0.2, 0) is 4.74 Å². The fourth-order valence-electron chi connectivity index (χ4n) is 1.63. The molecule has 1 aliphatic rings. The molecule has 88 valence electrons. The van der Waals surface area contributed by atoms with Crippen molar-refractivity contribution in [2.45, 2.75) is 32.6 Å². The average Bonchev–Trinajstić information content (AvgIpc) is 2.28. The number of nitrogens with one attached hydrogen (secondary N) is 2. The van der Waals surface area contributed by atoms with Crippen molar-refractivity contribution in [2.24, 2.45) is 5.92 Å². The minimum atomic E-state index is 0.727. The molecule has 3 nitrogen and oxygen atoms in total. The molecular weight excluding hydrogens is 208 g/mol. The van der Waals surface area contributed by atoms with Crippen LogP contribution >= 0.6 is 12.2 Å². The second kappa shape index (κ2) is 7.88. The molecule has 4 heteroatoms. The summed E-state index contributed by atoms with van der Waals surface area (Å²) in [5.41, 5.74) is 0. The second-order valence-electron chi connectivity index (χ2n) is 4.05. The van der Waals surface area contributed by atoms with Gasteiger partial charge in [0.2, 0.25) is 0 Å². The molecule has 0 aromatic heterocycles. The molecule has 1 rings (SSSR count). The lowest BCUT2D eigenvalue weighted by atomic mass is 10.0. The maximum Gasteiger partial charge on any atom is 0.166 e. The first-order valence-electron chi connectivity index (χ1n) is 5.92. The SMILES string of the molecule is CCCCNC(=S)NCC1CCOCC1. The first kappa shape index (κ1) is 12.7. The van der Waals surface area contributed by atoms with Crippen LogP contribution in [0.5, 0.6) is 0 Å². The van der Waals surface area contributed by atoms with Crippen molar-refractivity contribution in [1.29, 1.82) is 0 Å². The molecule has 0 saturated carbocycles. The summed E-state index contributed by atoms with van der Waals surface area (Å²) in [7, 11) is 0. The zero-order valence-electron chi connectivity index (χ0n) is 9.55. The summed E-state index contributed by atoms with van der Waals surface area (Å²) in [4.78, 5) is 0. The predicted octanol–water partition coefficient (Wildman–Crippen LogP) is 1.68. The van der Waals surface area contributed by atoms with E-state index in [2.05, 4.69) is 17.6 Å². The number of ether oxygens (including phenoxy) is 1. The summed E-state index contributed by atoms with van der Waals surface area (Å²) in [6, 6.07) is 0. The van der Waals surface area contributed by atoms with E-state index in [9.17, 15) is 0 Å². The number of rotatable bonds is 5. The van der Waals surface area contributed by atoms with E-state index >= 15 is 0 Å². The number of thiocarbonyl (C=S) groups is 1. The van der Waals surface area contributed by atoms with E-state index in [-0.39, 0.29) is 0 Å². The molecule has 0 aromatic rings. The van der Waals surface area contributed by atoms with Gasteiger partial charge >= 0.3 is 0 Å². The Morgan fingerprint density at radius 3 is 2.73 bits per heavy atom. The lowest BCUT2D eigenvalue weighted by Crippen LogP contribution is -2.39. The molecule has 1 heterocycles. The Hall–Kier alpha value is -0.350. The molecule has 1 aliphatic heterocycles. The standard InChI is InChI=1S/C11H22N2OS/c1-2-3-6-12-11(15)13-9-10-4-7-14-8-5-10/h10H,2-9H2,1H3,(H2,12,13,15). The molecule has 0 atom stereocenters. The highest BCUT2D eigenvalue weighted by Gasteiger charge is 2.13. The summed E-state index contributed by atoms with van der Waals surface area (Å²) < 4.78 is 5.31. The van der Waals surface area contributed by atoms with E-state index in [0.29, 0.717) is 0 Å². The lowest BCUT2D eigenvalue weighted by Gasteiger charge is -2.22. The predicted molar refractivity (Wildman–Crippen MR) is 67.1 cm³/mol. The summed E-state index contributed by atoms with van der Waals surface area (Å²) in [6.45, 7) is 5.96. The Morgan fingerprint density at radius 2 is 2.07 bits per heavy atom. The van der Waals surface area contributed by atoms with Crippen LogP contribution in [0.2, 0.25) is 0 Å². The smallest absolute Gasteiger partial charge is 0.166 e. The molecule has 0 aromatic carbocycles. The van der Waals surface area contributed by atoms with Crippen LogP contribution in [0, 0.1) is 5.92 Å². The maximum absolute atomic E-state index is 5.31. The van der Waals surface area contributed by atoms with Crippen LogP contribution in [0.1, 0.15) is 32.6 Å². The van der Waals surface area contributed by atoms with Crippen LogP contribution in [0.3, 0.4) is 0 Å². The normalized spacial score (nSPS) is 17.4. The topological polar surface area (TPSA) is 33.3 Å². The van der Waals surface area contributed by atoms with Gasteiger partial charge in [0.1, 0.15) is 0 Å². The average molecular weight is 230 g/mol. The summed E-state index contributed by atoms with van der Waals surface area (Å²) in [6.07, 6.45) is 4.70. The van der Waals surface area contributed by atoms with E-state index in [1.165, 1.54) is 12.8 Å². The largest absolute Gasteiger partial charge is 0.381 e. The van der Waals surface area contributed by atoms with E-state index in [1.807, 2.05) is 0 Å². The third-order valence-electron chi connectivity index (χ3n) is 2.71. The Balaban J connectivity index is 2.00. The van der Waals surface area contributed by atoms with Gasteiger partial charge in [-0.1, -0.05) is 13.3 Å².